The molecule has 3 rings (SSSR count). The highest BCUT2D eigenvalue weighted by atomic mass is 16.2. The monoisotopic (exact) mass is 395 g/mol. The lowest BCUT2D eigenvalue weighted by molar-refractivity contribution is -0.121. The van der Waals surface area contributed by atoms with Crippen molar-refractivity contribution in [3.63, 3.8) is 0 Å². The number of likely N-dealkylation sites (N-methyl/N-ethyl adjacent to an activating group) is 1. The fourth-order valence-corrected chi connectivity index (χ4v) is 3.11. The number of hydrogen-bond acceptors (Lipinski definition) is 4. The molecule has 7 heteroatoms. The summed E-state index contributed by atoms with van der Waals surface area (Å²) in [7, 11) is 3.92. The number of carbonyl (C=O) groups excluding carboxylic acids is 1. The first-order valence-corrected chi connectivity index (χ1v) is 9.95. The Morgan fingerprint density at radius 2 is 1.90 bits per heavy atom. The van der Waals surface area contributed by atoms with Gasteiger partial charge in [0, 0.05) is 44.0 Å². The van der Waals surface area contributed by atoms with Gasteiger partial charge in [0.15, 0.2) is 0 Å². The van der Waals surface area contributed by atoms with Gasteiger partial charge >= 0.3 is 0 Å². The van der Waals surface area contributed by atoms with Gasteiger partial charge in [0.05, 0.1) is 5.69 Å². The van der Waals surface area contributed by atoms with Crippen LogP contribution in [0.15, 0.2) is 47.5 Å². The summed E-state index contributed by atoms with van der Waals surface area (Å²) in [6, 6.07) is 10.1. The topological polar surface area (TPSA) is 71.6 Å². The van der Waals surface area contributed by atoms with Crippen LogP contribution in [0.2, 0.25) is 0 Å². The number of nitrogens with one attached hydrogen (secondary N) is 1. The van der Waals surface area contributed by atoms with Crippen LogP contribution in [-0.2, 0) is 11.3 Å². The van der Waals surface area contributed by atoms with Crippen molar-refractivity contribution >= 4 is 11.4 Å². The highest BCUT2D eigenvalue weighted by Gasteiger charge is 2.11. The molecule has 2 heterocycles. The lowest BCUT2D eigenvalue weighted by atomic mass is 10.0. The normalized spacial score (nSPS) is 11.5. The zero-order chi connectivity index (χ0) is 21.0. The van der Waals surface area contributed by atoms with Crippen LogP contribution in [0.4, 0.5) is 0 Å². The fourth-order valence-electron chi connectivity index (χ4n) is 3.11. The molecular formula is C22H29N5O2. The van der Waals surface area contributed by atoms with Crippen LogP contribution in [0, 0.1) is 0 Å². The van der Waals surface area contributed by atoms with E-state index in [0.29, 0.717) is 24.5 Å². The van der Waals surface area contributed by atoms with Gasteiger partial charge in [-0.2, -0.15) is 5.10 Å². The van der Waals surface area contributed by atoms with Crippen molar-refractivity contribution in [2.75, 3.05) is 27.2 Å². The van der Waals surface area contributed by atoms with Crippen molar-refractivity contribution in [2.24, 2.45) is 0 Å². The second kappa shape index (κ2) is 9.05. The number of hydrogen-bond donors (Lipinski definition) is 1. The van der Waals surface area contributed by atoms with Crippen LogP contribution in [0.5, 0.6) is 0 Å². The van der Waals surface area contributed by atoms with Gasteiger partial charge < -0.3 is 14.8 Å². The molecule has 0 unspecified atom stereocenters. The quantitative estimate of drug-likeness (QED) is 0.636. The number of aryl methyl sites for hydroxylation is 1. The van der Waals surface area contributed by atoms with Gasteiger partial charge in [0.2, 0.25) is 5.91 Å². The number of aromatic nitrogens is 3. The zero-order valence-electron chi connectivity index (χ0n) is 17.6. The molecule has 154 valence electrons. The predicted molar refractivity (Wildman–Crippen MR) is 115 cm³/mol. The highest BCUT2D eigenvalue weighted by Crippen LogP contribution is 2.22. The van der Waals surface area contributed by atoms with Crippen LogP contribution in [0.25, 0.3) is 16.8 Å². The van der Waals surface area contributed by atoms with Gasteiger partial charge in [0.25, 0.3) is 5.56 Å². The number of benzene rings is 1. The third-order valence-electron chi connectivity index (χ3n) is 4.94. The van der Waals surface area contributed by atoms with E-state index in [1.807, 2.05) is 31.1 Å². The standard InChI is InChI=1S/C22H29N5O2/c1-16(2)17-5-7-18(8-6-17)19-15-20-22(29)26(13-14-27(20)24-19)11-9-21(28)23-10-12-25(3)4/h5-8,13-16H,9-12H2,1-4H3,(H,23,28). The van der Waals surface area contributed by atoms with Crippen LogP contribution >= 0.6 is 0 Å². The van der Waals surface area contributed by atoms with Crippen molar-refractivity contribution in [1.82, 2.24) is 24.4 Å². The van der Waals surface area contributed by atoms with Crippen LogP contribution in [0.3, 0.4) is 0 Å². The van der Waals surface area contributed by atoms with Gasteiger partial charge in [-0.05, 0) is 31.6 Å². The average Bonchev–Trinajstić information content (AvgIpc) is 3.12. The van der Waals surface area contributed by atoms with Crippen molar-refractivity contribution < 1.29 is 4.79 Å². The smallest absolute Gasteiger partial charge is 0.276 e. The SMILES string of the molecule is CC(C)c1ccc(-c2cc3c(=O)n(CCC(=O)NCCN(C)C)ccn3n2)cc1. The Kier molecular flexibility index (Phi) is 6.49. The van der Waals surface area contributed by atoms with Gasteiger partial charge in [-0.25, -0.2) is 4.52 Å². The van der Waals surface area contributed by atoms with Gasteiger partial charge in [-0.3, -0.25) is 9.59 Å². The first-order chi connectivity index (χ1) is 13.8. The van der Waals surface area contributed by atoms with Crippen molar-refractivity contribution in [3.05, 3.63) is 58.6 Å². The molecule has 0 aliphatic carbocycles. The number of rotatable bonds is 8. The summed E-state index contributed by atoms with van der Waals surface area (Å²) in [5, 5.41) is 7.40. The Bertz CT molecular complexity index is 1030. The van der Waals surface area contributed by atoms with E-state index in [1.165, 1.54) is 5.56 Å². The molecule has 0 aliphatic heterocycles. The molecule has 0 fully saturated rings. The Morgan fingerprint density at radius 3 is 2.55 bits per heavy atom. The molecule has 0 atom stereocenters. The summed E-state index contributed by atoms with van der Waals surface area (Å²) < 4.78 is 3.16. The molecule has 0 saturated heterocycles. The van der Waals surface area contributed by atoms with E-state index in [0.717, 1.165) is 17.8 Å². The zero-order valence-corrected chi connectivity index (χ0v) is 17.6. The molecule has 2 aromatic heterocycles. The van der Waals surface area contributed by atoms with E-state index in [4.69, 9.17) is 0 Å². The molecule has 1 aromatic carbocycles. The van der Waals surface area contributed by atoms with E-state index in [1.54, 1.807) is 27.5 Å². The van der Waals surface area contributed by atoms with Crippen LogP contribution in [-0.4, -0.2) is 52.2 Å². The molecule has 7 nitrogen and oxygen atoms in total. The highest BCUT2D eigenvalue weighted by molar-refractivity contribution is 5.75. The van der Waals surface area contributed by atoms with Gasteiger partial charge in [0.1, 0.15) is 5.52 Å². The number of fused-ring (bicyclic) bond motifs is 1. The van der Waals surface area contributed by atoms with E-state index in [2.05, 4.69) is 36.4 Å². The number of nitrogens with zero attached hydrogens (tertiary/aromatic N) is 4. The Morgan fingerprint density at radius 1 is 1.17 bits per heavy atom. The van der Waals surface area contributed by atoms with Crippen molar-refractivity contribution in [1.29, 1.82) is 0 Å². The minimum absolute atomic E-state index is 0.0573. The Balaban J connectivity index is 1.73. The maximum Gasteiger partial charge on any atom is 0.276 e. The lowest BCUT2D eigenvalue weighted by Gasteiger charge is -2.10. The van der Waals surface area contributed by atoms with E-state index < -0.39 is 0 Å². The molecule has 0 radical (unpaired) electrons. The molecule has 3 aromatic rings. The molecule has 0 saturated carbocycles. The summed E-state index contributed by atoms with van der Waals surface area (Å²) >= 11 is 0. The Hall–Kier alpha value is -2.93. The molecule has 0 spiro atoms. The summed E-state index contributed by atoms with van der Waals surface area (Å²) in [5.74, 6) is 0.412. The average molecular weight is 396 g/mol. The predicted octanol–water partition coefficient (Wildman–Crippen LogP) is 2.35. The van der Waals surface area contributed by atoms with Crippen molar-refractivity contribution in [3.8, 4) is 11.3 Å². The van der Waals surface area contributed by atoms with Gasteiger partial charge in [-0.1, -0.05) is 38.1 Å². The number of amides is 1. The molecule has 0 bridgehead atoms. The first kappa shape index (κ1) is 20.8. The van der Waals surface area contributed by atoms with E-state index in [9.17, 15) is 9.59 Å². The summed E-state index contributed by atoms with van der Waals surface area (Å²) in [5.41, 5.74) is 3.36. The lowest BCUT2D eigenvalue weighted by Crippen LogP contribution is -2.32. The fraction of sp³-hybridized carbons (Fsp3) is 0.409. The minimum Gasteiger partial charge on any atom is -0.355 e. The van der Waals surface area contributed by atoms with Crippen LogP contribution in [0.1, 0.15) is 31.7 Å². The largest absolute Gasteiger partial charge is 0.355 e. The van der Waals surface area contributed by atoms with Gasteiger partial charge in [-0.15, -0.1) is 0 Å². The summed E-state index contributed by atoms with van der Waals surface area (Å²) in [6.45, 7) is 6.04. The Labute approximate surface area is 171 Å². The number of carbonyl (C=O) groups is 1. The maximum atomic E-state index is 12.8. The van der Waals surface area contributed by atoms with Crippen LogP contribution < -0.4 is 10.9 Å². The second-order valence-electron chi connectivity index (χ2n) is 7.84. The molecule has 1 amide bonds. The maximum absolute atomic E-state index is 12.8. The van der Waals surface area contributed by atoms with E-state index >= 15 is 0 Å². The summed E-state index contributed by atoms with van der Waals surface area (Å²) in [6.07, 6.45) is 3.70. The molecule has 29 heavy (non-hydrogen) atoms. The molecular weight excluding hydrogens is 366 g/mol. The first-order valence-electron chi connectivity index (χ1n) is 9.95. The summed E-state index contributed by atoms with van der Waals surface area (Å²) in [4.78, 5) is 26.8. The van der Waals surface area contributed by atoms with Crippen molar-refractivity contribution in [2.45, 2.75) is 32.7 Å². The molecule has 0 aliphatic rings. The van der Waals surface area contributed by atoms with E-state index in [-0.39, 0.29) is 17.9 Å². The minimum atomic E-state index is -0.147. The third kappa shape index (κ3) is 5.12. The third-order valence-corrected chi connectivity index (χ3v) is 4.94. The second-order valence-corrected chi connectivity index (χ2v) is 7.84. The molecule has 1 N–H and O–H groups in total.